The molecule has 0 aliphatic carbocycles. The average molecular weight is 392 g/mol. The highest BCUT2D eigenvalue weighted by atomic mass is 79.9. The van der Waals surface area contributed by atoms with Crippen molar-refractivity contribution >= 4 is 27.8 Å². The third kappa shape index (κ3) is 5.38. The molecule has 2 aromatic carbocycles. The third-order valence-corrected chi connectivity index (χ3v) is 4.10. The Balaban J connectivity index is 1.77. The first-order valence-electron chi connectivity index (χ1n) is 7.37. The van der Waals surface area contributed by atoms with Crippen LogP contribution in [0.3, 0.4) is 0 Å². The zero-order valence-corrected chi connectivity index (χ0v) is 14.8. The molecule has 2 aromatic rings. The van der Waals surface area contributed by atoms with Crippen molar-refractivity contribution in [3.05, 3.63) is 64.1 Å². The number of ether oxygens (including phenoxy) is 2. The van der Waals surface area contributed by atoms with Crippen LogP contribution in [0.5, 0.6) is 5.75 Å². The first-order valence-corrected chi connectivity index (χ1v) is 8.17. The number of esters is 1. The van der Waals surface area contributed by atoms with Crippen molar-refractivity contribution in [2.75, 3.05) is 13.7 Å². The predicted molar refractivity (Wildman–Crippen MR) is 93.6 cm³/mol. The molecule has 0 radical (unpaired) electrons. The van der Waals surface area contributed by atoms with Gasteiger partial charge in [0.15, 0.2) is 6.61 Å². The lowest BCUT2D eigenvalue weighted by Crippen LogP contribution is -2.28. The second-order valence-electron chi connectivity index (χ2n) is 5.02. The van der Waals surface area contributed by atoms with Crippen LogP contribution in [0.1, 0.15) is 11.1 Å². The van der Waals surface area contributed by atoms with Gasteiger partial charge in [0.25, 0.3) is 5.91 Å². The lowest BCUT2D eigenvalue weighted by molar-refractivity contribution is -0.147. The molecular formula is C18H18BrNO4. The van der Waals surface area contributed by atoms with Crippen LogP contribution in [0.2, 0.25) is 0 Å². The SMILES string of the molecule is COc1ccccc1CC(=O)OCC(=O)NCc1ccccc1Br. The first-order chi connectivity index (χ1) is 11.6. The Kier molecular flexibility index (Phi) is 6.81. The van der Waals surface area contributed by atoms with Crippen molar-refractivity contribution < 1.29 is 19.1 Å². The van der Waals surface area contributed by atoms with Crippen molar-refractivity contribution in [1.29, 1.82) is 0 Å². The Morgan fingerprint density at radius 2 is 1.71 bits per heavy atom. The fourth-order valence-corrected chi connectivity index (χ4v) is 2.51. The number of carbonyl (C=O) groups is 2. The van der Waals surface area contributed by atoms with Gasteiger partial charge in [0.05, 0.1) is 13.5 Å². The summed E-state index contributed by atoms with van der Waals surface area (Å²) in [6.45, 7) is 0.0583. The smallest absolute Gasteiger partial charge is 0.310 e. The van der Waals surface area contributed by atoms with Gasteiger partial charge in [0.2, 0.25) is 0 Å². The summed E-state index contributed by atoms with van der Waals surface area (Å²) >= 11 is 3.41. The molecule has 126 valence electrons. The fraction of sp³-hybridized carbons (Fsp3) is 0.222. The minimum atomic E-state index is -0.476. The van der Waals surface area contributed by atoms with Crippen LogP contribution in [0, 0.1) is 0 Å². The Labute approximate surface area is 149 Å². The molecule has 0 aromatic heterocycles. The molecule has 0 heterocycles. The van der Waals surface area contributed by atoms with Gasteiger partial charge in [0, 0.05) is 16.6 Å². The number of methoxy groups -OCH3 is 1. The van der Waals surface area contributed by atoms with Crippen molar-refractivity contribution in [3.8, 4) is 5.75 Å². The van der Waals surface area contributed by atoms with E-state index >= 15 is 0 Å². The van der Waals surface area contributed by atoms with E-state index in [1.54, 1.807) is 19.2 Å². The van der Waals surface area contributed by atoms with E-state index in [2.05, 4.69) is 21.2 Å². The molecular weight excluding hydrogens is 374 g/mol. The van der Waals surface area contributed by atoms with Crippen LogP contribution in [0.25, 0.3) is 0 Å². The summed E-state index contributed by atoms with van der Waals surface area (Å²) in [4.78, 5) is 23.6. The molecule has 0 saturated heterocycles. The maximum absolute atomic E-state index is 11.8. The Hall–Kier alpha value is -2.34. The highest BCUT2D eigenvalue weighted by molar-refractivity contribution is 9.10. The van der Waals surface area contributed by atoms with E-state index < -0.39 is 5.97 Å². The van der Waals surface area contributed by atoms with Gasteiger partial charge in [0.1, 0.15) is 5.75 Å². The Bertz CT molecular complexity index is 718. The van der Waals surface area contributed by atoms with Gasteiger partial charge < -0.3 is 14.8 Å². The van der Waals surface area contributed by atoms with Crippen LogP contribution in [-0.2, 0) is 27.3 Å². The summed E-state index contributed by atoms with van der Waals surface area (Å²) in [7, 11) is 1.54. The third-order valence-electron chi connectivity index (χ3n) is 3.33. The number of carbonyl (C=O) groups excluding carboxylic acids is 2. The molecule has 0 saturated carbocycles. The molecule has 24 heavy (non-hydrogen) atoms. The zero-order chi connectivity index (χ0) is 17.4. The van der Waals surface area contributed by atoms with Gasteiger partial charge in [-0.15, -0.1) is 0 Å². The first kappa shape index (κ1) is 18.0. The van der Waals surface area contributed by atoms with Crippen LogP contribution in [0.4, 0.5) is 0 Å². The molecule has 5 nitrogen and oxygen atoms in total. The predicted octanol–water partition coefficient (Wildman–Crippen LogP) is 2.86. The summed E-state index contributed by atoms with van der Waals surface area (Å²) in [5.74, 6) is -0.206. The normalized spacial score (nSPS) is 10.1. The molecule has 0 spiro atoms. The van der Waals surface area contributed by atoms with E-state index in [-0.39, 0.29) is 18.9 Å². The number of hydrogen-bond donors (Lipinski definition) is 1. The van der Waals surface area contributed by atoms with Crippen molar-refractivity contribution in [1.82, 2.24) is 5.32 Å². The topological polar surface area (TPSA) is 64.6 Å². The highest BCUT2D eigenvalue weighted by Crippen LogP contribution is 2.18. The quantitative estimate of drug-likeness (QED) is 0.737. The van der Waals surface area contributed by atoms with Crippen LogP contribution >= 0.6 is 15.9 Å². The fourth-order valence-electron chi connectivity index (χ4n) is 2.09. The van der Waals surface area contributed by atoms with E-state index in [1.165, 1.54) is 0 Å². The summed E-state index contributed by atoms with van der Waals surface area (Å²) < 4.78 is 11.1. The molecule has 1 N–H and O–H groups in total. The second-order valence-corrected chi connectivity index (χ2v) is 5.87. The van der Waals surface area contributed by atoms with E-state index in [0.717, 1.165) is 15.6 Å². The molecule has 0 aliphatic heterocycles. The number of rotatable bonds is 7. The molecule has 6 heteroatoms. The van der Waals surface area contributed by atoms with Crippen LogP contribution in [0.15, 0.2) is 53.0 Å². The van der Waals surface area contributed by atoms with Gasteiger partial charge >= 0.3 is 5.97 Å². The van der Waals surface area contributed by atoms with E-state index in [1.807, 2.05) is 36.4 Å². The molecule has 1 amide bonds. The molecule has 0 aliphatic rings. The number of para-hydroxylation sites is 1. The zero-order valence-electron chi connectivity index (χ0n) is 13.3. The summed E-state index contributed by atoms with van der Waals surface area (Å²) in [6, 6.07) is 14.8. The van der Waals surface area contributed by atoms with Crippen molar-refractivity contribution in [3.63, 3.8) is 0 Å². The minimum Gasteiger partial charge on any atom is -0.496 e. The molecule has 2 rings (SSSR count). The van der Waals surface area contributed by atoms with Crippen molar-refractivity contribution in [2.24, 2.45) is 0 Å². The molecule has 0 fully saturated rings. The number of hydrogen-bond acceptors (Lipinski definition) is 4. The number of nitrogens with one attached hydrogen (secondary N) is 1. The van der Waals surface area contributed by atoms with Gasteiger partial charge in [-0.2, -0.15) is 0 Å². The van der Waals surface area contributed by atoms with E-state index in [9.17, 15) is 9.59 Å². The molecule has 0 unspecified atom stereocenters. The maximum atomic E-state index is 11.8. The van der Waals surface area contributed by atoms with E-state index in [4.69, 9.17) is 9.47 Å². The van der Waals surface area contributed by atoms with Crippen LogP contribution < -0.4 is 10.1 Å². The molecule has 0 bridgehead atoms. The van der Waals surface area contributed by atoms with Gasteiger partial charge in [-0.05, 0) is 17.7 Å². The largest absolute Gasteiger partial charge is 0.496 e. The summed E-state index contributed by atoms with van der Waals surface area (Å²) in [5, 5.41) is 2.71. The van der Waals surface area contributed by atoms with Gasteiger partial charge in [-0.1, -0.05) is 52.3 Å². The minimum absolute atomic E-state index is 0.0571. The Morgan fingerprint density at radius 1 is 1.04 bits per heavy atom. The maximum Gasteiger partial charge on any atom is 0.310 e. The standard InChI is InChI=1S/C18H18BrNO4/c1-23-16-9-5-3-6-13(16)10-18(22)24-12-17(21)20-11-14-7-2-4-8-15(14)19/h2-9H,10-12H2,1H3,(H,20,21). The van der Waals surface area contributed by atoms with E-state index in [0.29, 0.717) is 12.3 Å². The van der Waals surface area contributed by atoms with Crippen LogP contribution in [-0.4, -0.2) is 25.6 Å². The summed E-state index contributed by atoms with van der Waals surface area (Å²) in [6.07, 6.45) is 0.0571. The van der Waals surface area contributed by atoms with Crippen molar-refractivity contribution in [2.45, 2.75) is 13.0 Å². The lowest BCUT2D eigenvalue weighted by atomic mass is 10.1. The van der Waals surface area contributed by atoms with Gasteiger partial charge in [-0.3, -0.25) is 9.59 Å². The highest BCUT2D eigenvalue weighted by Gasteiger charge is 2.11. The monoisotopic (exact) mass is 391 g/mol. The number of halogens is 1. The van der Waals surface area contributed by atoms with Gasteiger partial charge in [-0.25, -0.2) is 0 Å². The lowest BCUT2D eigenvalue weighted by Gasteiger charge is -2.09. The summed E-state index contributed by atoms with van der Waals surface area (Å²) in [5.41, 5.74) is 1.67. The Morgan fingerprint density at radius 3 is 2.42 bits per heavy atom. The number of amides is 1. The number of benzene rings is 2. The molecule has 0 atom stereocenters. The average Bonchev–Trinajstić information content (AvgIpc) is 2.59. The second kappa shape index (κ2) is 9.08.